The average molecular weight is 382 g/mol. The Balaban J connectivity index is 1.64. The normalized spacial score (nSPS) is 11.4. The first-order valence-electron chi connectivity index (χ1n) is 9.05. The van der Waals surface area contributed by atoms with Crippen LogP contribution < -0.4 is 10.6 Å². The third-order valence-corrected chi connectivity index (χ3v) is 4.49. The van der Waals surface area contributed by atoms with Gasteiger partial charge in [-0.1, -0.05) is 60.1 Å². The van der Waals surface area contributed by atoms with E-state index in [4.69, 9.17) is 11.6 Å². The SMILES string of the molecule is CCNC(=NCc1ccccc1Cl)NCc1nccn1Cc1ccccc1. The molecule has 1 heterocycles. The lowest BCUT2D eigenvalue weighted by Crippen LogP contribution is -2.37. The Bertz CT molecular complexity index is 873. The molecule has 0 spiro atoms. The zero-order chi connectivity index (χ0) is 18.9. The van der Waals surface area contributed by atoms with Crippen LogP contribution in [0.15, 0.2) is 72.0 Å². The Morgan fingerprint density at radius 3 is 2.63 bits per heavy atom. The number of halogens is 1. The van der Waals surface area contributed by atoms with E-state index < -0.39 is 0 Å². The van der Waals surface area contributed by atoms with Gasteiger partial charge in [0.25, 0.3) is 0 Å². The molecule has 0 unspecified atom stereocenters. The topological polar surface area (TPSA) is 54.2 Å². The van der Waals surface area contributed by atoms with Crippen molar-refractivity contribution in [3.05, 3.63) is 89.0 Å². The van der Waals surface area contributed by atoms with Crippen LogP contribution in [-0.2, 0) is 19.6 Å². The van der Waals surface area contributed by atoms with Gasteiger partial charge in [-0.05, 0) is 24.1 Å². The van der Waals surface area contributed by atoms with Crippen molar-refractivity contribution < 1.29 is 0 Å². The maximum Gasteiger partial charge on any atom is 0.191 e. The molecule has 0 bridgehead atoms. The van der Waals surface area contributed by atoms with E-state index in [9.17, 15) is 0 Å². The van der Waals surface area contributed by atoms with Crippen LogP contribution >= 0.6 is 11.6 Å². The summed E-state index contributed by atoms with van der Waals surface area (Å²) in [6.45, 7) is 4.74. The number of aromatic nitrogens is 2. The molecule has 0 fully saturated rings. The fourth-order valence-corrected chi connectivity index (χ4v) is 2.92. The fourth-order valence-electron chi connectivity index (χ4n) is 2.73. The Morgan fingerprint density at radius 2 is 1.85 bits per heavy atom. The Hall–Kier alpha value is -2.79. The highest BCUT2D eigenvalue weighted by Crippen LogP contribution is 2.15. The maximum absolute atomic E-state index is 6.22. The lowest BCUT2D eigenvalue weighted by atomic mass is 10.2. The number of hydrogen-bond acceptors (Lipinski definition) is 2. The van der Waals surface area contributed by atoms with Gasteiger partial charge in [0.1, 0.15) is 5.82 Å². The van der Waals surface area contributed by atoms with Gasteiger partial charge in [-0.3, -0.25) is 0 Å². The molecular formula is C21H24ClN5. The van der Waals surface area contributed by atoms with E-state index in [1.807, 2.05) is 49.6 Å². The largest absolute Gasteiger partial charge is 0.357 e. The smallest absolute Gasteiger partial charge is 0.191 e. The van der Waals surface area contributed by atoms with Gasteiger partial charge in [0, 0.05) is 30.5 Å². The highest BCUT2D eigenvalue weighted by Gasteiger charge is 2.06. The molecule has 0 radical (unpaired) electrons. The average Bonchev–Trinajstić information content (AvgIpc) is 3.13. The van der Waals surface area contributed by atoms with E-state index in [0.29, 0.717) is 13.1 Å². The second kappa shape index (κ2) is 9.78. The molecule has 0 aliphatic heterocycles. The van der Waals surface area contributed by atoms with Crippen molar-refractivity contribution in [3.8, 4) is 0 Å². The van der Waals surface area contributed by atoms with Crippen LogP contribution in [0.25, 0.3) is 0 Å². The summed E-state index contributed by atoms with van der Waals surface area (Å²) in [5, 5.41) is 7.35. The molecular weight excluding hydrogens is 358 g/mol. The first-order chi connectivity index (χ1) is 13.3. The van der Waals surface area contributed by atoms with Crippen molar-refractivity contribution in [2.24, 2.45) is 4.99 Å². The quantitative estimate of drug-likeness (QED) is 0.483. The summed E-state index contributed by atoms with van der Waals surface area (Å²) in [6, 6.07) is 18.1. The lowest BCUT2D eigenvalue weighted by molar-refractivity contribution is 0.688. The van der Waals surface area contributed by atoms with Gasteiger partial charge in [-0.25, -0.2) is 9.98 Å². The Labute approximate surface area is 165 Å². The predicted octanol–water partition coefficient (Wildman–Crippen LogP) is 3.84. The molecule has 0 saturated carbocycles. The van der Waals surface area contributed by atoms with Crippen molar-refractivity contribution in [2.45, 2.75) is 26.6 Å². The third kappa shape index (κ3) is 5.59. The van der Waals surface area contributed by atoms with E-state index in [0.717, 1.165) is 35.5 Å². The molecule has 0 atom stereocenters. The molecule has 3 rings (SSSR count). The number of nitrogens with one attached hydrogen (secondary N) is 2. The van der Waals surface area contributed by atoms with Gasteiger partial charge < -0.3 is 15.2 Å². The lowest BCUT2D eigenvalue weighted by Gasteiger charge is -2.13. The summed E-state index contributed by atoms with van der Waals surface area (Å²) in [7, 11) is 0. The van der Waals surface area contributed by atoms with Gasteiger partial charge in [-0.2, -0.15) is 0 Å². The Morgan fingerprint density at radius 1 is 1.07 bits per heavy atom. The molecule has 0 amide bonds. The van der Waals surface area contributed by atoms with Gasteiger partial charge in [0.2, 0.25) is 0 Å². The second-order valence-electron chi connectivity index (χ2n) is 6.10. The maximum atomic E-state index is 6.22. The molecule has 1 aromatic heterocycles. The minimum Gasteiger partial charge on any atom is -0.357 e. The number of nitrogens with zero attached hydrogens (tertiary/aromatic N) is 3. The van der Waals surface area contributed by atoms with Gasteiger partial charge in [0.05, 0.1) is 13.1 Å². The molecule has 140 valence electrons. The molecule has 5 nitrogen and oxygen atoms in total. The monoisotopic (exact) mass is 381 g/mol. The van der Waals surface area contributed by atoms with Crippen LogP contribution in [0.2, 0.25) is 5.02 Å². The zero-order valence-electron chi connectivity index (χ0n) is 15.4. The number of aliphatic imine (C=N–C) groups is 1. The number of guanidine groups is 1. The van der Waals surface area contributed by atoms with E-state index in [2.05, 4.69) is 49.4 Å². The van der Waals surface area contributed by atoms with Crippen molar-refractivity contribution in [1.29, 1.82) is 0 Å². The molecule has 0 aliphatic carbocycles. The van der Waals surface area contributed by atoms with Crippen LogP contribution in [0.3, 0.4) is 0 Å². The predicted molar refractivity (Wildman–Crippen MR) is 111 cm³/mol. The fraction of sp³-hybridized carbons (Fsp3) is 0.238. The van der Waals surface area contributed by atoms with Crippen LogP contribution in [0.5, 0.6) is 0 Å². The summed E-state index contributed by atoms with van der Waals surface area (Å²) < 4.78 is 2.14. The van der Waals surface area contributed by atoms with Gasteiger partial charge in [-0.15, -0.1) is 0 Å². The molecule has 2 aromatic carbocycles. The van der Waals surface area contributed by atoms with Crippen molar-refractivity contribution in [3.63, 3.8) is 0 Å². The zero-order valence-corrected chi connectivity index (χ0v) is 16.2. The highest BCUT2D eigenvalue weighted by atomic mass is 35.5. The second-order valence-corrected chi connectivity index (χ2v) is 6.50. The molecule has 0 saturated heterocycles. The molecule has 27 heavy (non-hydrogen) atoms. The standard InChI is InChI=1S/C21H24ClN5/c1-2-23-21(25-14-18-10-6-7-11-19(18)22)26-15-20-24-12-13-27(20)16-17-8-4-3-5-9-17/h3-13H,2,14-16H2,1H3,(H2,23,25,26). The van der Waals surface area contributed by atoms with Gasteiger partial charge >= 0.3 is 0 Å². The number of rotatable bonds is 7. The van der Waals surface area contributed by atoms with Crippen molar-refractivity contribution in [2.75, 3.05) is 6.54 Å². The number of benzene rings is 2. The summed E-state index contributed by atoms with van der Waals surface area (Å²) >= 11 is 6.22. The summed E-state index contributed by atoms with van der Waals surface area (Å²) in [5.41, 5.74) is 2.25. The summed E-state index contributed by atoms with van der Waals surface area (Å²) in [4.78, 5) is 9.10. The number of imidazole rings is 1. The minimum atomic E-state index is 0.521. The highest BCUT2D eigenvalue weighted by molar-refractivity contribution is 6.31. The van der Waals surface area contributed by atoms with Crippen LogP contribution in [-0.4, -0.2) is 22.1 Å². The van der Waals surface area contributed by atoms with Crippen molar-refractivity contribution >= 4 is 17.6 Å². The Kier molecular flexibility index (Phi) is 6.88. The van der Waals surface area contributed by atoms with E-state index in [1.165, 1.54) is 5.56 Å². The molecule has 0 aliphatic rings. The summed E-state index contributed by atoms with van der Waals surface area (Å²) in [5.74, 6) is 1.70. The van der Waals surface area contributed by atoms with Crippen molar-refractivity contribution in [1.82, 2.24) is 20.2 Å². The molecule has 6 heteroatoms. The van der Waals surface area contributed by atoms with E-state index in [1.54, 1.807) is 0 Å². The van der Waals surface area contributed by atoms with E-state index in [-0.39, 0.29) is 0 Å². The van der Waals surface area contributed by atoms with Crippen LogP contribution in [0, 0.1) is 0 Å². The van der Waals surface area contributed by atoms with Gasteiger partial charge in [0.15, 0.2) is 5.96 Å². The van der Waals surface area contributed by atoms with Crippen LogP contribution in [0.1, 0.15) is 23.9 Å². The molecule has 2 N–H and O–H groups in total. The first kappa shape index (κ1) is 19.0. The first-order valence-corrected chi connectivity index (χ1v) is 9.43. The van der Waals surface area contributed by atoms with E-state index >= 15 is 0 Å². The number of hydrogen-bond donors (Lipinski definition) is 2. The minimum absolute atomic E-state index is 0.521. The third-order valence-electron chi connectivity index (χ3n) is 4.12. The summed E-state index contributed by atoms with van der Waals surface area (Å²) in [6.07, 6.45) is 3.82. The molecule has 3 aromatic rings. The van der Waals surface area contributed by atoms with Crippen LogP contribution in [0.4, 0.5) is 0 Å².